The van der Waals surface area contributed by atoms with Crippen molar-refractivity contribution in [3.8, 4) is 0 Å². The second-order valence-corrected chi connectivity index (χ2v) is 4.72. The lowest BCUT2D eigenvalue weighted by molar-refractivity contribution is 0.203. The molecule has 0 saturated carbocycles. The Morgan fingerprint density at radius 2 is 1.68 bits per heavy atom. The van der Waals surface area contributed by atoms with Gasteiger partial charge in [-0.2, -0.15) is 0 Å². The Labute approximate surface area is 116 Å². The van der Waals surface area contributed by atoms with Crippen LogP contribution in [-0.4, -0.2) is 44.7 Å². The van der Waals surface area contributed by atoms with Gasteiger partial charge in [0.2, 0.25) is 0 Å². The summed E-state index contributed by atoms with van der Waals surface area (Å²) in [6, 6.07) is 8.44. The highest BCUT2D eigenvalue weighted by molar-refractivity contribution is 5.74. The fourth-order valence-electron chi connectivity index (χ4n) is 1.90. The molecule has 1 rings (SSSR count). The van der Waals surface area contributed by atoms with Crippen molar-refractivity contribution >= 4 is 11.7 Å². The third kappa shape index (κ3) is 4.81. The highest BCUT2D eigenvalue weighted by Crippen LogP contribution is 2.12. The first-order valence-electron chi connectivity index (χ1n) is 6.87. The van der Waals surface area contributed by atoms with Gasteiger partial charge in [-0.25, -0.2) is 4.79 Å². The number of benzene rings is 1. The van der Waals surface area contributed by atoms with Gasteiger partial charge in [0.25, 0.3) is 0 Å². The number of amides is 2. The first-order valence-corrected chi connectivity index (χ1v) is 6.87. The molecule has 0 spiro atoms. The maximum Gasteiger partial charge on any atom is 0.317 e. The second-order valence-electron chi connectivity index (χ2n) is 4.72. The molecule has 2 amide bonds. The number of urea groups is 1. The van der Waals surface area contributed by atoms with Crippen LogP contribution in [0.15, 0.2) is 24.3 Å². The zero-order valence-electron chi connectivity index (χ0n) is 12.4. The molecule has 0 fully saturated rings. The molecule has 0 atom stereocenters. The molecule has 0 aliphatic carbocycles. The van der Waals surface area contributed by atoms with Crippen molar-refractivity contribution in [2.45, 2.75) is 20.3 Å². The van der Waals surface area contributed by atoms with E-state index in [2.05, 4.69) is 34.5 Å². The molecule has 0 aliphatic heterocycles. The summed E-state index contributed by atoms with van der Waals surface area (Å²) in [6.07, 6.45) is 0.862. The molecule has 0 radical (unpaired) electrons. The van der Waals surface area contributed by atoms with E-state index in [0.717, 1.165) is 19.5 Å². The molecule has 0 heterocycles. The van der Waals surface area contributed by atoms with Crippen LogP contribution in [0.1, 0.15) is 19.4 Å². The molecule has 0 bridgehead atoms. The van der Waals surface area contributed by atoms with Gasteiger partial charge in [0.05, 0.1) is 0 Å². The van der Waals surface area contributed by atoms with Crippen molar-refractivity contribution < 1.29 is 4.79 Å². The van der Waals surface area contributed by atoms with Gasteiger partial charge in [0.1, 0.15) is 0 Å². The largest absolute Gasteiger partial charge is 0.378 e. The number of hydrogen-bond donors (Lipinski definition) is 1. The molecule has 4 nitrogen and oxygen atoms in total. The van der Waals surface area contributed by atoms with Crippen molar-refractivity contribution in [3.05, 3.63) is 29.8 Å². The van der Waals surface area contributed by atoms with Crippen LogP contribution in [0.25, 0.3) is 0 Å². The minimum atomic E-state index is 0.0231. The number of nitrogens with zero attached hydrogens (tertiary/aromatic N) is 2. The average Bonchev–Trinajstić information content (AvgIpc) is 2.40. The fourth-order valence-corrected chi connectivity index (χ4v) is 1.90. The highest BCUT2D eigenvalue weighted by atomic mass is 16.2. The monoisotopic (exact) mass is 263 g/mol. The van der Waals surface area contributed by atoms with Crippen molar-refractivity contribution in [1.29, 1.82) is 0 Å². The van der Waals surface area contributed by atoms with Crippen molar-refractivity contribution in [2.75, 3.05) is 38.6 Å². The first-order chi connectivity index (χ1) is 9.08. The van der Waals surface area contributed by atoms with Gasteiger partial charge >= 0.3 is 6.03 Å². The minimum Gasteiger partial charge on any atom is -0.378 e. The van der Waals surface area contributed by atoms with Crippen LogP contribution in [0.2, 0.25) is 0 Å². The fraction of sp³-hybridized carbons (Fsp3) is 0.533. The summed E-state index contributed by atoms with van der Waals surface area (Å²) in [6.45, 7) is 6.16. The molecular weight excluding hydrogens is 238 g/mol. The summed E-state index contributed by atoms with van der Waals surface area (Å²) in [7, 11) is 4.05. The smallest absolute Gasteiger partial charge is 0.317 e. The molecule has 0 unspecified atom stereocenters. The normalized spacial score (nSPS) is 10.1. The van der Waals surface area contributed by atoms with Gasteiger partial charge in [-0.15, -0.1) is 0 Å². The molecule has 4 heteroatoms. The standard InChI is InChI=1S/C15H25N3O/c1-5-18(6-2)15(19)16-12-11-13-7-9-14(10-8-13)17(3)4/h7-10H,5-6,11-12H2,1-4H3,(H,16,19). The van der Waals surface area contributed by atoms with Crippen LogP contribution in [0.5, 0.6) is 0 Å². The number of anilines is 1. The minimum absolute atomic E-state index is 0.0231. The van der Waals surface area contributed by atoms with Crippen LogP contribution in [0.3, 0.4) is 0 Å². The number of hydrogen-bond acceptors (Lipinski definition) is 2. The molecular formula is C15H25N3O. The maximum atomic E-state index is 11.7. The first kappa shape index (κ1) is 15.3. The Kier molecular flexibility index (Phi) is 6.19. The van der Waals surface area contributed by atoms with Crippen molar-refractivity contribution in [2.24, 2.45) is 0 Å². The van der Waals surface area contributed by atoms with E-state index in [0.29, 0.717) is 6.54 Å². The maximum absolute atomic E-state index is 11.7. The second kappa shape index (κ2) is 7.67. The number of carbonyl (C=O) groups excluding carboxylic acids is 1. The number of rotatable bonds is 6. The summed E-state index contributed by atoms with van der Waals surface area (Å²) in [5.41, 5.74) is 2.43. The van der Waals surface area contributed by atoms with Gasteiger partial charge in [-0.1, -0.05) is 12.1 Å². The van der Waals surface area contributed by atoms with E-state index in [9.17, 15) is 4.79 Å². The van der Waals surface area contributed by atoms with Crippen LogP contribution in [-0.2, 0) is 6.42 Å². The van der Waals surface area contributed by atoms with E-state index in [1.807, 2.05) is 27.9 Å². The van der Waals surface area contributed by atoms with Crippen LogP contribution >= 0.6 is 0 Å². The molecule has 1 N–H and O–H groups in total. The van der Waals surface area contributed by atoms with Crippen LogP contribution in [0.4, 0.5) is 10.5 Å². The van der Waals surface area contributed by atoms with Gasteiger partial charge in [-0.05, 0) is 38.0 Å². The van der Waals surface area contributed by atoms with E-state index >= 15 is 0 Å². The van der Waals surface area contributed by atoms with E-state index in [1.54, 1.807) is 4.90 Å². The molecule has 19 heavy (non-hydrogen) atoms. The summed E-state index contributed by atoms with van der Waals surface area (Å²) in [4.78, 5) is 15.6. The Morgan fingerprint density at radius 3 is 2.16 bits per heavy atom. The predicted molar refractivity (Wildman–Crippen MR) is 80.8 cm³/mol. The summed E-state index contributed by atoms with van der Waals surface area (Å²) in [5.74, 6) is 0. The van der Waals surface area contributed by atoms with Crippen molar-refractivity contribution in [3.63, 3.8) is 0 Å². The lowest BCUT2D eigenvalue weighted by Gasteiger charge is -2.19. The third-order valence-corrected chi connectivity index (χ3v) is 3.19. The quantitative estimate of drug-likeness (QED) is 0.855. The zero-order valence-corrected chi connectivity index (χ0v) is 12.4. The van der Waals surface area contributed by atoms with Crippen LogP contribution in [0, 0.1) is 0 Å². The number of carbonyl (C=O) groups is 1. The van der Waals surface area contributed by atoms with Crippen molar-refractivity contribution in [1.82, 2.24) is 10.2 Å². The highest BCUT2D eigenvalue weighted by Gasteiger charge is 2.07. The molecule has 106 valence electrons. The zero-order chi connectivity index (χ0) is 14.3. The van der Waals surface area contributed by atoms with Crippen LogP contribution < -0.4 is 10.2 Å². The van der Waals surface area contributed by atoms with Gasteiger partial charge in [0.15, 0.2) is 0 Å². The van der Waals surface area contributed by atoms with Gasteiger partial charge in [-0.3, -0.25) is 0 Å². The lowest BCUT2D eigenvalue weighted by atomic mass is 10.1. The third-order valence-electron chi connectivity index (χ3n) is 3.19. The molecule has 0 aromatic heterocycles. The van der Waals surface area contributed by atoms with E-state index in [-0.39, 0.29) is 6.03 Å². The molecule has 1 aromatic rings. The SMILES string of the molecule is CCN(CC)C(=O)NCCc1ccc(N(C)C)cc1. The lowest BCUT2D eigenvalue weighted by Crippen LogP contribution is -2.40. The Morgan fingerprint density at radius 1 is 1.11 bits per heavy atom. The molecule has 0 aliphatic rings. The molecule has 0 saturated heterocycles. The van der Waals surface area contributed by atoms with E-state index in [1.165, 1.54) is 11.3 Å². The Balaban J connectivity index is 2.39. The van der Waals surface area contributed by atoms with E-state index in [4.69, 9.17) is 0 Å². The topological polar surface area (TPSA) is 35.6 Å². The summed E-state index contributed by atoms with van der Waals surface area (Å²) >= 11 is 0. The summed E-state index contributed by atoms with van der Waals surface area (Å²) < 4.78 is 0. The van der Waals surface area contributed by atoms with E-state index < -0.39 is 0 Å². The Bertz CT molecular complexity index is 383. The predicted octanol–water partition coefficient (Wildman–Crippen LogP) is 2.35. The Hall–Kier alpha value is -1.71. The summed E-state index contributed by atoms with van der Waals surface area (Å²) in [5, 5.41) is 2.95. The number of nitrogens with one attached hydrogen (secondary N) is 1. The van der Waals surface area contributed by atoms with Gasteiger partial charge < -0.3 is 15.1 Å². The van der Waals surface area contributed by atoms with Gasteiger partial charge in [0, 0.05) is 39.4 Å². The average molecular weight is 263 g/mol. The molecule has 1 aromatic carbocycles.